The van der Waals surface area contributed by atoms with Gasteiger partial charge in [-0.25, -0.2) is 0 Å². The number of carbonyl (C=O) groups excluding carboxylic acids is 1. The van der Waals surface area contributed by atoms with Crippen molar-refractivity contribution in [1.82, 2.24) is 4.90 Å². The second kappa shape index (κ2) is 6.74. The predicted octanol–water partition coefficient (Wildman–Crippen LogP) is 3.23. The minimum absolute atomic E-state index is 0.0377. The number of aryl methyl sites for hydroxylation is 1. The first-order valence-electron chi connectivity index (χ1n) is 5.51. The highest BCUT2D eigenvalue weighted by Gasteiger charge is 2.13. The quantitative estimate of drug-likeness (QED) is 0.595. The maximum atomic E-state index is 11.9. The summed E-state index contributed by atoms with van der Waals surface area (Å²) in [7, 11) is 1.83. The molecule has 0 saturated heterocycles. The molecule has 0 aliphatic carbocycles. The first-order valence-corrected chi connectivity index (χ1v) is 6.64. The standard InChI is InChI=1S/C12H18BrNO2/c1-10-8-11(9-16-10)12(15)14(2)7-5-3-4-6-13/h8-9H,3-7H2,1-2H3. The molecule has 1 rings (SSSR count). The summed E-state index contributed by atoms with van der Waals surface area (Å²) in [6.45, 7) is 2.64. The van der Waals surface area contributed by atoms with Gasteiger partial charge in [-0.3, -0.25) is 4.79 Å². The third kappa shape index (κ3) is 4.00. The summed E-state index contributed by atoms with van der Waals surface area (Å²) < 4.78 is 5.13. The molecule has 0 spiro atoms. The molecule has 0 aliphatic heterocycles. The Balaban J connectivity index is 2.36. The molecule has 0 atom stereocenters. The summed E-state index contributed by atoms with van der Waals surface area (Å²) >= 11 is 3.39. The lowest BCUT2D eigenvalue weighted by atomic mass is 10.2. The molecule has 1 amide bonds. The molecule has 1 heterocycles. The molecule has 1 aromatic heterocycles. The van der Waals surface area contributed by atoms with Crippen LogP contribution >= 0.6 is 15.9 Å². The summed E-state index contributed by atoms with van der Waals surface area (Å²) in [5, 5.41) is 1.03. The van der Waals surface area contributed by atoms with Gasteiger partial charge in [0.25, 0.3) is 5.91 Å². The van der Waals surface area contributed by atoms with E-state index in [1.54, 1.807) is 11.0 Å². The van der Waals surface area contributed by atoms with E-state index < -0.39 is 0 Å². The van der Waals surface area contributed by atoms with Crippen molar-refractivity contribution in [2.75, 3.05) is 18.9 Å². The first kappa shape index (κ1) is 13.3. The van der Waals surface area contributed by atoms with E-state index >= 15 is 0 Å². The van der Waals surface area contributed by atoms with Crippen LogP contribution in [0.3, 0.4) is 0 Å². The van der Waals surface area contributed by atoms with Gasteiger partial charge in [-0.2, -0.15) is 0 Å². The van der Waals surface area contributed by atoms with Crippen LogP contribution in [0.2, 0.25) is 0 Å². The molecule has 0 fully saturated rings. The van der Waals surface area contributed by atoms with E-state index in [0.717, 1.165) is 36.9 Å². The fraction of sp³-hybridized carbons (Fsp3) is 0.583. The molecule has 0 aliphatic rings. The molecule has 4 heteroatoms. The molecular formula is C12H18BrNO2. The van der Waals surface area contributed by atoms with Gasteiger partial charge in [-0.15, -0.1) is 0 Å². The molecule has 0 radical (unpaired) electrons. The molecule has 0 saturated carbocycles. The first-order chi connectivity index (χ1) is 7.65. The number of halogens is 1. The average molecular weight is 288 g/mol. The second-order valence-corrected chi connectivity index (χ2v) is 4.72. The van der Waals surface area contributed by atoms with Crippen molar-refractivity contribution in [2.45, 2.75) is 26.2 Å². The Morgan fingerprint density at radius 1 is 1.44 bits per heavy atom. The molecule has 3 nitrogen and oxygen atoms in total. The van der Waals surface area contributed by atoms with Crippen molar-refractivity contribution in [2.24, 2.45) is 0 Å². The maximum absolute atomic E-state index is 11.9. The van der Waals surface area contributed by atoms with Gasteiger partial charge in [0.15, 0.2) is 0 Å². The average Bonchev–Trinajstić information content (AvgIpc) is 2.70. The zero-order chi connectivity index (χ0) is 12.0. The molecular weight excluding hydrogens is 270 g/mol. The molecule has 0 aromatic carbocycles. The fourth-order valence-electron chi connectivity index (χ4n) is 1.50. The van der Waals surface area contributed by atoms with Crippen molar-refractivity contribution < 1.29 is 9.21 Å². The van der Waals surface area contributed by atoms with Gasteiger partial charge in [0.05, 0.1) is 5.56 Å². The van der Waals surface area contributed by atoms with Crippen molar-refractivity contribution in [3.8, 4) is 0 Å². The van der Waals surface area contributed by atoms with Crippen LogP contribution in [-0.2, 0) is 0 Å². The lowest BCUT2D eigenvalue weighted by Crippen LogP contribution is -2.27. The van der Waals surface area contributed by atoms with E-state index in [9.17, 15) is 4.79 Å². The Kier molecular flexibility index (Phi) is 5.60. The normalized spacial score (nSPS) is 10.4. The number of hydrogen-bond donors (Lipinski definition) is 0. The summed E-state index contributed by atoms with van der Waals surface area (Å²) in [5.74, 6) is 0.812. The number of rotatable bonds is 6. The summed E-state index contributed by atoms with van der Waals surface area (Å²) in [6, 6.07) is 1.78. The second-order valence-electron chi connectivity index (χ2n) is 3.92. The SMILES string of the molecule is Cc1cc(C(=O)N(C)CCCCCBr)co1. The van der Waals surface area contributed by atoms with Gasteiger partial charge in [-0.1, -0.05) is 22.4 Å². The van der Waals surface area contributed by atoms with E-state index in [4.69, 9.17) is 4.42 Å². The highest BCUT2D eigenvalue weighted by atomic mass is 79.9. The lowest BCUT2D eigenvalue weighted by Gasteiger charge is -2.15. The molecule has 16 heavy (non-hydrogen) atoms. The Morgan fingerprint density at radius 2 is 2.19 bits per heavy atom. The van der Waals surface area contributed by atoms with E-state index in [1.165, 1.54) is 6.26 Å². The van der Waals surface area contributed by atoms with Crippen molar-refractivity contribution in [3.05, 3.63) is 23.7 Å². The van der Waals surface area contributed by atoms with E-state index in [1.807, 2.05) is 14.0 Å². The predicted molar refractivity (Wildman–Crippen MR) is 68.1 cm³/mol. The lowest BCUT2D eigenvalue weighted by molar-refractivity contribution is 0.0792. The Hall–Kier alpha value is -0.770. The fourth-order valence-corrected chi connectivity index (χ4v) is 1.89. The zero-order valence-electron chi connectivity index (χ0n) is 9.83. The van der Waals surface area contributed by atoms with Gasteiger partial charge < -0.3 is 9.32 Å². The van der Waals surface area contributed by atoms with Gasteiger partial charge in [0.2, 0.25) is 0 Å². The molecule has 0 bridgehead atoms. The number of alkyl halides is 1. The molecule has 90 valence electrons. The monoisotopic (exact) mass is 287 g/mol. The summed E-state index contributed by atoms with van der Waals surface area (Å²) in [4.78, 5) is 13.6. The smallest absolute Gasteiger partial charge is 0.256 e. The minimum Gasteiger partial charge on any atom is -0.469 e. The van der Waals surface area contributed by atoms with Gasteiger partial charge in [-0.05, 0) is 25.8 Å². The third-order valence-electron chi connectivity index (χ3n) is 2.45. The van der Waals surface area contributed by atoms with Crippen molar-refractivity contribution in [3.63, 3.8) is 0 Å². The van der Waals surface area contributed by atoms with Crippen LogP contribution in [0.25, 0.3) is 0 Å². The Bertz CT molecular complexity index is 336. The number of amides is 1. The number of nitrogens with zero attached hydrogens (tertiary/aromatic N) is 1. The van der Waals surface area contributed by atoms with Crippen LogP contribution in [0.1, 0.15) is 35.4 Å². The zero-order valence-corrected chi connectivity index (χ0v) is 11.4. The third-order valence-corrected chi connectivity index (χ3v) is 3.01. The molecule has 0 N–H and O–H groups in total. The number of unbranched alkanes of at least 4 members (excludes halogenated alkanes) is 2. The topological polar surface area (TPSA) is 33.5 Å². The minimum atomic E-state index is 0.0377. The van der Waals surface area contributed by atoms with E-state index in [2.05, 4.69) is 15.9 Å². The van der Waals surface area contributed by atoms with Crippen LogP contribution in [0.15, 0.2) is 16.7 Å². The largest absolute Gasteiger partial charge is 0.469 e. The molecule has 0 unspecified atom stereocenters. The van der Waals surface area contributed by atoms with Crippen LogP contribution in [0, 0.1) is 6.92 Å². The number of furan rings is 1. The number of hydrogen-bond acceptors (Lipinski definition) is 2. The van der Waals surface area contributed by atoms with Crippen molar-refractivity contribution in [1.29, 1.82) is 0 Å². The Labute approximate surface area is 105 Å². The van der Waals surface area contributed by atoms with Crippen LogP contribution in [0.5, 0.6) is 0 Å². The van der Waals surface area contributed by atoms with Crippen LogP contribution < -0.4 is 0 Å². The van der Waals surface area contributed by atoms with Gasteiger partial charge >= 0.3 is 0 Å². The summed E-state index contributed by atoms with van der Waals surface area (Å²) in [5.41, 5.74) is 0.639. The van der Waals surface area contributed by atoms with Crippen LogP contribution in [-0.4, -0.2) is 29.7 Å². The van der Waals surface area contributed by atoms with E-state index in [0.29, 0.717) is 5.56 Å². The number of carbonyl (C=O) groups is 1. The maximum Gasteiger partial charge on any atom is 0.256 e. The van der Waals surface area contributed by atoms with Crippen molar-refractivity contribution >= 4 is 21.8 Å². The van der Waals surface area contributed by atoms with Gasteiger partial charge in [0.1, 0.15) is 12.0 Å². The van der Waals surface area contributed by atoms with Crippen LogP contribution in [0.4, 0.5) is 0 Å². The highest BCUT2D eigenvalue weighted by Crippen LogP contribution is 2.09. The van der Waals surface area contributed by atoms with E-state index in [-0.39, 0.29) is 5.91 Å². The Morgan fingerprint density at radius 3 is 2.75 bits per heavy atom. The highest BCUT2D eigenvalue weighted by molar-refractivity contribution is 9.09. The van der Waals surface area contributed by atoms with Gasteiger partial charge in [0, 0.05) is 18.9 Å². The summed E-state index contributed by atoms with van der Waals surface area (Å²) in [6.07, 6.45) is 4.87. The molecule has 1 aromatic rings.